The first kappa shape index (κ1) is 11.8. The molecular formula is C8H5F6N. The number of nitrogens with zero attached hydrogens (tertiary/aromatic N) is 1. The summed E-state index contributed by atoms with van der Waals surface area (Å²) in [4.78, 5) is 2.83. The monoisotopic (exact) mass is 229 g/mol. The highest BCUT2D eigenvalue weighted by atomic mass is 19.4. The highest BCUT2D eigenvalue weighted by Crippen LogP contribution is 2.38. The van der Waals surface area contributed by atoms with Gasteiger partial charge in [0.1, 0.15) is 0 Å². The molecule has 0 aliphatic heterocycles. The van der Waals surface area contributed by atoms with E-state index in [4.69, 9.17) is 0 Å². The van der Waals surface area contributed by atoms with Crippen LogP contribution in [0, 0.1) is 12.9 Å². The van der Waals surface area contributed by atoms with Crippen LogP contribution < -0.4 is 0 Å². The van der Waals surface area contributed by atoms with Gasteiger partial charge in [0.15, 0.2) is 0 Å². The number of hydrogen-bond acceptors (Lipinski definition) is 1. The van der Waals surface area contributed by atoms with Crippen molar-refractivity contribution in [3.05, 3.63) is 28.8 Å². The standard InChI is InChI=1S/C8H5F6N/c1-3-5(8(12,13)14)4(6(9)10)2-15-7(3)11/h2,6H,1H3. The van der Waals surface area contributed by atoms with Crippen LogP contribution in [-0.2, 0) is 6.18 Å². The largest absolute Gasteiger partial charge is 0.417 e. The highest BCUT2D eigenvalue weighted by molar-refractivity contribution is 5.35. The molecule has 7 heteroatoms. The molecule has 0 fully saturated rings. The first-order chi connectivity index (χ1) is 6.75. The molecule has 0 saturated carbocycles. The third kappa shape index (κ3) is 2.21. The Labute approximate surface area is 80.7 Å². The Hall–Kier alpha value is -1.27. The lowest BCUT2D eigenvalue weighted by Crippen LogP contribution is -2.14. The molecule has 0 radical (unpaired) electrons. The Morgan fingerprint density at radius 1 is 1.27 bits per heavy atom. The fourth-order valence-corrected chi connectivity index (χ4v) is 1.15. The zero-order chi connectivity index (χ0) is 11.8. The van der Waals surface area contributed by atoms with Gasteiger partial charge in [-0.1, -0.05) is 0 Å². The summed E-state index contributed by atoms with van der Waals surface area (Å²) < 4.78 is 74.1. The molecule has 84 valence electrons. The van der Waals surface area contributed by atoms with E-state index in [0.29, 0.717) is 0 Å². The van der Waals surface area contributed by atoms with E-state index >= 15 is 0 Å². The summed E-state index contributed by atoms with van der Waals surface area (Å²) >= 11 is 0. The van der Waals surface area contributed by atoms with Crippen molar-refractivity contribution < 1.29 is 26.3 Å². The van der Waals surface area contributed by atoms with E-state index in [9.17, 15) is 26.3 Å². The Kier molecular flexibility index (Phi) is 2.92. The van der Waals surface area contributed by atoms with E-state index in [-0.39, 0.29) is 6.20 Å². The molecule has 0 aromatic carbocycles. The quantitative estimate of drug-likeness (QED) is 0.530. The molecule has 0 saturated heterocycles. The smallest absolute Gasteiger partial charge is 0.228 e. The Morgan fingerprint density at radius 2 is 1.80 bits per heavy atom. The Bertz CT molecular complexity index is 370. The molecule has 1 rings (SSSR count). The summed E-state index contributed by atoms with van der Waals surface area (Å²) in [7, 11) is 0. The number of alkyl halides is 5. The van der Waals surface area contributed by atoms with Gasteiger partial charge in [0.25, 0.3) is 6.43 Å². The van der Waals surface area contributed by atoms with E-state index in [2.05, 4.69) is 4.98 Å². The molecule has 15 heavy (non-hydrogen) atoms. The minimum atomic E-state index is -5.01. The molecule has 0 aliphatic carbocycles. The number of rotatable bonds is 1. The van der Waals surface area contributed by atoms with Gasteiger partial charge >= 0.3 is 6.18 Å². The maximum atomic E-state index is 12.7. The van der Waals surface area contributed by atoms with Crippen LogP contribution in [0.4, 0.5) is 26.3 Å². The zero-order valence-corrected chi connectivity index (χ0v) is 7.37. The summed E-state index contributed by atoms with van der Waals surface area (Å²) in [6, 6.07) is 0. The van der Waals surface area contributed by atoms with Crippen LogP contribution in [0.1, 0.15) is 23.1 Å². The van der Waals surface area contributed by atoms with E-state index in [0.717, 1.165) is 6.92 Å². The lowest BCUT2D eigenvalue weighted by molar-refractivity contribution is -0.140. The second kappa shape index (κ2) is 3.71. The van der Waals surface area contributed by atoms with Crippen molar-refractivity contribution in [2.75, 3.05) is 0 Å². The minimum absolute atomic E-state index is 0.204. The summed E-state index contributed by atoms with van der Waals surface area (Å²) in [6.45, 7) is 0.761. The van der Waals surface area contributed by atoms with Gasteiger partial charge in [-0.2, -0.15) is 17.6 Å². The topological polar surface area (TPSA) is 12.9 Å². The van der Waals surface area contributed by atoms with Crippen molar-refractivity contribution >= 4 is 0 Å². The van der Waals surface area contributed by atoms with Gasteiger partial charge < -0.3 is 0 Å². The number of aromatic nitrogens is 1. The fraction of sp³-hybridized carbons (Fsp3) is 0.375. The molecule has 0 aliphatic rings. The molecule has 1 aromatic heterocycles. The Balaban J connectivity index is 3.49. The zero-order valence-electron chi connectivity index (χ0n) is 7.37. The fourth-order valence-electron chi connectivity index (χ4n) is 1.15. The van der Waals surface area contributed by atoms with Crippen molar-refractivity contribution in [1.29, 1.82) is 0 Å². The number of hydrogen-bond donors (Lipinski definition) is 0. The van der Waals surface area contributed by atoms with Crippen LogP contribution in [0.2, 0.25) is 0 Å². The normalized spacial score (nSPS) is 12.3. The second-order valence-electron chi connectivity index (χ2n) is 2.80. The summed E-state index contributed by atoms with van der Waals surface area (Å²) in [5.41, 5.74) is -3.87. The average Bonchev–Trinajstić information content (AvgIpc) is 2.06. The maximum absolute atomic E-state index is 12.7. The first-order valence-corrected chi connectivity index (χ1v) is 3.75. The van der Waals surface area contributed by atoms with Crippen molar-refractivity contribution in [3.8, 4) is 0 Å². The number of halogens is 6. The van der Waals surface area contributed by atoms with Gasteiger partial charge in [0.05, 0.1) is 5.56 Å². The lowest BCUT2D eigenvalue weighted by Gasteiger charge is -2.14. The van der Waals surface area contributed by atoms with Crippen LogP contribution in [0.15, 0.2) is 6.20 Å². The molecule has 0 N–H and O–H groups in total. The molecule has 0 amide bonds. The van der Waals surface area contributed by atoms with Crippen molar-refractivity contribution in [1.82, 2.24) is 4.98 Å². The molecular weight excluding hydrogens is 224 g/mol. The third-order valence-electron chi connectivity index (χ3n) is 1.81. The van der Waals surface area contributed by atoms with E-state index in [1.165, 1.54) is 0 Å². The Morgan fingerprint density at radius 3 is 2.20 bits per heavy atom. The SMILES string of the molecule is Cc1c(F)ncc(C(F)F)c1C(F)(F)F. The molecule has 0 atom stereocenters. The molecule has 0 unspecified atom stereocenters. The van der Waals surface area contributed by atoms with Crippen LogP contribution >= 0.6 is 0 Å². The van der Waals surface area contributed by atoms with Gasteiger partial charge in [-0.3, -0.25) is 0 Å². The molecule has 0 bridgehead atoms. The van der Waals surface area contributed by atoms with Crippen LogP contribution in [0.25, 0.3) is 0 Å². The van der Waals surface area contributed by atoms with Crippen LogP contribution in [0.3, 0.4) is 0 Å². The predicted octanol–water partition coefficient (Wildman–Crippen LogP) is 3.49. The first-order valence-electron chi connectivity index (χ1n) is 3.75. The summed E-state index contributed by atoms with van der Waals surface area (Å²) in [6.07, 6.45) is -8.15. The van der Waals surface area contributed by atoms with Gasteiger partial charge in [-0.25, -0.2) is 13.8 Å². The summed E-state index contributed by atoms with van der Waals surface area (Å²) in [5.74, 6) is -1.40. The molecule has 1 aromatic rings. The van der Waals surface area contributed by atoms with E-state index in [1.807, 2.05) is 0 Å². The van der Waals surface area contributed by atoms with Crippen molar-refractivity contribution in [2.45, 2.75) is 19.5 Å². The van der Waals surface area contributed by atoms with Gasteiger partial charge in [0.2, 0.25) is 5.95 Å². The molecule has 1 heterocycles. The second-order valence-corrected chi connectivity index (χ2v) is 2.80. The lowest BCUT2D eigenvalue weighted by atomic mass is 10.1. The van der Waals surface area contributed by atoms with Gasteiger partial charge in [0, 0.05) is 17.3 Å². The third-order valence-corrected chi connectivity index (χ3v) is 1.81. The maximum Gasteiger partial charge on any atom is 0.417 e. The predicted molar refractivity (Wildman–Crippen MR) is 38.9 cm³/mol. The average molecular weight is 229 g/mol. The molecule has 0 spiro atoms. The van der Waals surface area contributed by atoms with Crippen LogP contribution in [-0.4, -0.2) is 4.98 Å². The van der Waals surface area contributed by atoms with Crippen LogP contribution in [0.5, 0.6) is 0 Å². The minimum Gasteiger partial charge on any atom is -0.228 e. The summed E-state index contributed by atoms with van der Waals surface area (Å²) in [5, 5.41) is 0. The van der Waals surface area contributed by atoms with Crippen molar-refractivity contribution in [2.24, 2.45) is 0 Å². The van der Waals surface area contributed by atoms with Gasteiger partial charge in [-0.15, -0.1) is 0 Å². The van der Waals surface area contributed by atoms with E-state index in [1.54, 1.807) is 0 Å². The van der Waals surface area contributed by atoms with Gasteiger partial charge in [-0.05, 0) is 6.92 Å². The van der Waals surface area contributed by atoms with E-state index < -0.39 is 35.2 Å². The highest BCUT2D eigenvalue weighted by Gasteiger charge is 2.38. The molecule has 1 nitrogen and oxygen atoms in total. The van der Waals surface area contributed by atoms with Crippen molar-refractivity contribution in [3.63, 3.8) is 0 Å². The number of pyridine rings is 1.